The second-order valence-corrected chi connectivity index (χ2v) is 6.00. The van der Waals surface area contributed by atoms with Crippen molar-refractivity contribution in [1.82, 2.24) is 10.2 Å². The molecule has 1 aliphatic heterocycles. The van der Waals surface area contributed by atoms with Gasteiger partial charge in [0.15, 0.2) is 0 Å². The maximum Gasteiger partial charge on any atom is 0.237 e. The summed E-state index contributed by atoms with van der Waals surface area (Å²) in [7, 11) is 0. The Morgan fingerprint density at radius 1 is 1.28 bits per heavy atom. The second kappa shape index (κ2) is 7.10. The second-order valence-electron chi connectivity index (χ2n) is 6.00. The van der Waals surface area contributed by atoms with Crippen molar-refractivity contribution in [3.05, 3.63) is 0 Å². The summed E-state index contributed by atoms with van der Waals surface area (Å²) in [6.45, 7) is 9.31. The molecule has 0 spiro atoms. The highest BCUT2D eigenvalue weighted by Crippen LogP contribution is 2.15. The van der Waals surface area contributed by atoms with Crippen LogP contribution < -0.4 is 11.1 Å². The van der Waals surface area contributed by atoms with Crippen LogP contribution in [0.2, 0.25) is 0 Å². The highest BCUT2D eigenvalue weighted by atomic mass is 16.1. The van der Waals surface area contributed by atoms with Gasteiger partial charge >= 0.3 is 0 Å². The zero-order chi connectivity index (χ0) is 13.6. The molecule has 1 aliphatic rings. The van der Waals surface area contributed by atoms with E-state index in [9.17, 15) is 4.79 Å². The van der Waals surface area contributed by atoms with E-state index in [1.54, 1.807) is 0 Å². The highest BCUT2D eigenvalue weighted by molar-refractivity contribution is 5.84. The van der Waals surface area contributed by atoms with E-state index in [0.29, 0.717) is 0 Å². The molecule has 0 aromatic heterocycles. The lowest BCUT2D eigenvalue weighted by atomic mass is 9.95. The minimum absolute atomic E-state index is 0.244. The summed E-state index contributed by atoms with van der Waals surface area (Å²) >= 11 is 0. The van der Waals surface area contributed by atoms with Gasteiger partial charge in [0, 0.05) is 12.6 Å². The lowest BCUT2D eigenvalue weighted by molar-refractivity contribution is -0.124. The standard InChI is InChI=1S/C14H29N3O/c1-12(2)16-14(3,13(15)18)8-11-17-9-6-4-5-7-10-17/h12,16H,4-11H2,1-3H3,(H2,15,18). The Hall–Kier alpha value is -0.610. The van der Waals surface area contributed by atoms with Crippen molar-refractivity contribution >= 4 is 5.91 Å². The molecule has 0 aliphatic carbocycles. The monoisotopic (exact) mass is 255 g/mol. The molecule has 1 rings (SSSR count). The Bertz CT molecular complexity index is 260. The third-order valence-corrected chi connectivity index (χ3v) is 3.78. The Labute approximate surface area is 111 Å². The lowest BCUT2D eigenvalue weighted by Gasteiger charge is -2.32. The Morgan fingerprint density at radius 3 is 2.28 bits per heavy atom. The fourth-order valence-electron chi connectivity index (χ4n) is 2.65. The van der Waals surface area contributed by atoms with Crippen LogP contribution in [0.25, 0.3) is 0 Å². The molecule has 0 aromatic carbocycles. The Morgan fingerprint density at radius 2 is 1.83 bits per heavy atom. The van der Waals surface area contributed by atoms with E-state index in [-0.39, 0.29) is 11.9 Å². The van der Waals surface area contributed by atoms with Gasteiger partial charge in [-0.2, -0.15) is 0 Å². The molecule has 0 bridgehead atoms. The van der Waals surface area contributed by atoms with Gasteiger partial charge in [0.25, 0.3) is 0 Å². The van der Waals surface area contributed by atoms with Gasteiger partial charge < -0.3 is 16.0 Å². The van der Waals surface area contributed by atoms with Gasteiger partial charge in [0.2, 0.25) is 5.91 Å². The lowest BCUT2D eigenvalue weighted by Crippen LogP contribution is -2.56. The molecule has 0 radical (unpaired) electrons. The predicted octanol–water partition coefficient (Wildman–Crippen LogP) is 1.49. The molecule has 4 nitrogen and oxygen atoms in total. The minimum atomic E-state index is -0.583. The molecule has 1 atom stereocenters. The largest absolute Gasteiger partial charge is 0.368 e. The summed E-state index contributed by atoms with van der Waals surface area (Å²) < 4.78 is 0. The normalized spacial score (nSPS) is 21.6. The van der Waals surface area contributed by atoms with Crippen molar-refractivity contribution in [1.29, 1.82) is 0 Å². The highest BCUT2D eigenvalue weighted by Gasteiger charge is 2.31. The van der Waals surface area contributed by atoms with Gasteiger partial charge in [-0.25, -0.2) is 0 Å². The zero-order valence-electron chi connectivity index (χ0n) is 12.2. The molecule has 18 heavy (non-hydrogen) atoms. The molecule has 1 unspecified atom stereocenters. The first-order chi connectivity index (χ1) is 8.44. The molecular weight excluding hydrogens is 226 g/mol. The van der Waals surface area contributed by atoms with Crippen LogP contribution in [0.15, 0.2) is 0 Å². The molecule has 1 heterocycles. The van der Waals surface area contributed by atoms with Gasteiger partial charge in [0.05, 0.1) is 5.54 Å². The van der Waals surface area contributed by atoms with Crippen LogP contribution in [0.5, 0.6) is 0 Å². The van der Waals surface area contributed by atoms with E-state index in [0.717, 1.165) is 26.1 Å². The van der Waals surface area contributed by atoms with Crippen molar-refractivity contribution < 1.29 is 4.79 Å². The van der Waals surface area contributed by atoms with Crippen molar-refractivity contribution in [2.75, 3.05) is 19.6 Å². The van der Waals surface area contributed by atoms with Gasteiger partial charge in [-0.1, -0.05) is 12.8 Å². The molecular formula is C14H29N3O. The Balaban J connectivity index is 2.48. The summed E-state index contributed by atoms with van der Waals surface area (Å²) in [5, 5.41) is 3.31. The number of rotatable bonds is 6. The first-order valence-corrected chi connectivity index (χ1v) is 7.24. The van der Waals surface area contributed by atoms with Gasteiger partial charge in [-0.3, -0.25) is 4.79 Å². The fourth-order valence-corrected chi connectivity index (χ4v) is 2.65. The molecule has 0 aromatic rings. The number of nitrogens with zero attached hydrogens (tertiary/aromatic N) is 1. The average Bonchev–Trinajstić information content (AvgIpc) is 2.53. The Kier molecular flexibility index (Phi) is 6.09. The maximum absolute atomic E-state index is 11.6. The number of primary amides is 1. The van der Waals surface area contributed by atoms with Gasteiger partial charge in [-0.15, -0.1) is 0 Å². The average molecular weight is 255 g/mol. The molecule has 1 fully saturated rings. The number of hydrogen-bond donors (Lipinski definition) is 2. The van der Waals surface area contributed by atoms with Crippen LogP contribution in [0.4, 0.5) is 0 Å². The number of likely N-dealkylation sites (tertiary alicyclic amines) is 1. The SMILES string of the molecule is CC(C)NC(C)(CCN1CCCCCC1)C(N)=O. The van der Waals surface area contributed by atoms with Crippen LogP contribution >= 0.6 is 0 Å². The number of carbonyl (C=O) groups is 1. The zero-order valence-corrected chi connectivity index (χ0v) is 12.2. The smallest absolute Gasteiger partial charge is 0.237 e. The first-order valence-electron chi connectivity index (χ1n) is 7.24. The molecule has 106 valence electrons. The molecule has 1 amide bonds. The molecule has 4 heteroatoms. The van der Waals surface area contributed by atoms with E-state index in [1.165, 1.54) is 25.7 Å². The molecule has 0 saturated carbocycles. The van der Waals surface area contributed by atoms with E-state index < -0.39 is 5.54 Å². The first kappa shape index (κ1) is 15.4. The quantitative estimate of drug-likeness (QED) is 0.756. The summed E-state index contributed by atoms with van der Waals surface area (Å²) in [5.74, 6) is -0.244. The van der Waals surface area contributed by atoms with Crippen LogP contribution in [0, 0.1) is 0 Å². The van der Waals surface area contributed by atoms with Crippen molar-refractivity contribution in [2.24, 2.45) is 5.73 Å². The number of nitrogens with two attached hydrogens (primary N) is 1. The van der Waals surface area contributed by atoms with Gasteiger partial charge in [-0.05, 0) is 53.1 Å². The number of amides is 1. The van der Waals surface area contributed by atoms with E-state index in [1.807, 2.05) is 20.8 Å². The summed E-state index contributed by atoms with van der Waals surface area (Å²) in [5.41, 5.74) is 4.96. The summed E-state index contributed by atoms with van der Waals surface area (Å²) in [6, 6.07) is 0.270. The number of carbonyl (C=O) groups excluding carboxylic acids is 1. The third-order valence-electron chi connectivity index (χ3n) is 3.78. The minimum Gasteiger partial charge on any atom is -0.368 e. The van der Waals surface area contributed by atoms with E-state index in [2.05, 4.69) is 10.2 Å². The predicted molar refractivity (Wildman–Crippen MR) is 75.4 cm³/mol. The number of hydrogen-bond acceptors (Lipinski definition) is 3. The fraction of sp³-hybridized carbons (Fsp3) is 0.929. The van der Waals surface area contributed by atoms with Crippen LogP contribution in [0.1, 0.15) is 52.9 Å². The van der Waals surface area contributed by atoms with Crippen LogP contribution in [0.3, 0.4) is 0 Å². The topological polar surface area (TPSA) is 58.4 Å². The van der Waals surface area contributed by atoms with Gasteiger partial charge in [0.1, 0.15) is 0 Å². The molecule has 1 saturated heterocycles. The molecule has 3 N–H and O–H groups in total. The summed E-state index contributed by atoms with van der Waals surface area (Å²) in [6.07, 6.45) is 6.04. The van der Waals surface area contributed by atoms with E-state index in [4.69, 9.17) is 5.73 Å². The van der Waals surface area contributed by atoms with Crippen molar-refractivity contribution in [2.45, 2.75) is 64.5 Å². The van der Waals surface area contributed by atoms with Crippen molar-refractivity contribution in [3.63, 3.8) is 0 Å². The van der Waals surface area contributed by atoms with Crippen molar-refractivity contribution in [3.8, 4) is 0 Å². The van der Waals surface area contributed by atoms with Crippen LogP contribution in [-0.4, -0.2) is 42.0 Å². The maximum atomic E-state index is 11.6. The van der Waals surface area contributed by atoms with Crippen LogP contribution in [-0.2, 0) is 4.79 Å². The summed E-state index contributed by atoms with van der Waals surface area (Å²) in [4.78, 5) is 14.1. The van der Waals surface area contributed by atoms with E-state index >= 15 is 0 Å². The third kappa shape index (κ3) is 4.94. The number of nitrogens with one attached hydrogen (secondary N) is 1.